The summed E-state index contributed by atoms with van der Waals surface area (Å²) in [6.07, 6.45) is 3.11. The highest BCUT2D eigenvalue weighted by atomic mass is 32.2. The number of nitro groups is 1. The summed E-state index contributed by atoms with van der Waals surface area (Å²) in [5, 5.41) is 17.1. The summed E-state index contributed by atoms with van der Waals surface area (Å²) < 4.78 is 0. The molecule has 0 fully saturated rings. The Morgan fingerprint density at radius 1 is 1.28 bits per heavy atom. The number of rotatable bonds is 8. The van der Waals surface area contributed by atoms with Crippen LogP contribution in [0.5, 0.6) is 0 Å². The molecule has 0 radical (unpaired) electrons. The van der Waals surface area contributed by atoms with E-state index in [1.165, 1.54) is 0 Å². The Labute approximate surface area is 111 Å². The summed E-state index contributed by atoms with van der Waals surface area (Å²) in [7, 11) is 0. The standard InChI is InChI=1S/C12H19N3O2S/c1-3-13-10-7-11(14-5-4-6-18-2)9-12(8-10)15(16)17/h7-9,13-14H,3-6H2,1-2H3. The highest BCUT2D eigenvalue weighted by molar-refractivity contribution is 7.98. The second kappa shape index (κ2) is 7.81. The first-order valence-electron chi connectivity index (χ1n) is 5.93. The van der Waals surface area contributed by atoms with E-state index in [9.17, 15) is 10.1 Å². The fourth-order valence-electron chi connectivity index (χ4n) is 1.57. The van der Waals surface area contributed by atoms with Gasteiger partial charge in [0.15, 0.2) is 0 Å². The molecule has 100 valence electrons. The lowest BCUT2D eigenvalue weighted by molar-refractivity contribution is -0.384. The number of hydrogen-bond donors (Lipinski definition) is 2. The van der Waals surface area contributed by atoms with Crippen LogP contribution in [0, 0.1) is 10.1 Å². The minimum Gasteiger partial charge on any atom is -0.385 e. The van der Waals surface area contributed by atoms with Gasteiger partial charge in [0.05, 0.1) is 4.92 Å². The molecular formula is C12H19N3O2S. The fourth-order valence-corrected chi connectivity index (χ4v) is 2.01. The van der Waals surface area contributed by atoms with Gasteiger partial charge in [-0.3, -0.25) is 10.1 Å². The van der Waals surface area contributed by atoms with Crippen LogP contribution in [0.25, 0.3) is 0 Å². The van der Waals surface area contributed by atoms with Crippen LogP contribution in [0.2, 0.25) is 0 Å². The van der Waals surface area contributed by atoms with Gasteiger partial charge in [-0.15, -0.1) is 0 Å². The lowest BCUT2D eigenvalue weighted by Gasteiger charge is -2.09. The quantitative estimate of drug-likeness (QED) is 0.431. The van der Waals surface area contributed by atoms with Crippen LogP contribution in [0.15, 0.2) is 18.2 Å². The Balaban J connectivity index is 2.72. The van der Waals surface area contributed by atoms with Crippen LogP contribution in [0.3, 0.4) is 0 Å². The van der Waals surface area contributed by atoms with Crippen LogP contribution in [-0.2, 0) is 0 Å². The summed E-state index contributed by atoms with van der Waals surface area (Å²) in [6, 6.07) is 5.02. The summed E-state index contributed by atoms with van der Waals surface area (Å²) >= 11 is 1.80. The molecule has 0 spiro atoms. The SMILES string of the molecule is CCNc1cc(NCCCSC)cc([N+](=O)[O-])c1. The maximum atomic E-state index is 10.8. The van der Waals surface area contributed by atoms with Gasteiger partial charge in [-0.1, -0.05) is 0 Å². The molecule has 0 atom stereocenters. The summed E-state index contributed by atoms with van der Waals surface area (Å²) in [6.45, 7) is 3.53. The number of nitrogens with zero attached hydrogens (tertiary/aromatic N) is 1. The molecule has 5 nitrogen and oxygen atoms in total. The van der Waals surface area contributed by atoms with E-state index in [4.69, 9.17) is 0 Å². The van der Waals surface area contributed by atoms with Crippen molar-refractivity contribution in [3.05, 3.63) is 28.3 Å². The molecule has 0 saturated heterocycles. The summed E-state index contributed by atoms with van der Waals surface area (Å²) in [4.78, 5) is 10.5. The molecule has 0 aromatic heterocycles. The van der Waals surface area contributed by atoms with Gasteiger partial charge in [0.1, 0.15) is 0 Å². The van der Waals surface area contributed by atoms with E-state index in [1.807, 2.05) is 13.0 Å². The monoisotopic (exact) mass is 269 g/mol. The van der Waals surface area contributed by atoms with E-state index in [-0.39, 0.29) is 10.6 Å². The lowest BCUT2D eigenvalue weighted by Crippen LogP contribution is -2.04. The van der Waals surface area contributed by atoms with Crippen molar-refractivity contribution in [2.24, 2.45) is 0 Å². The Bertz CT molecular complexity index is 399. The van der Waals surface area contributed by atoms with E-state index in [0.717, 1.165) is 36.6 Å². The maximum Gasteiger partial charge on any atom is 0.273 e. The van der Waals surface area contributed by atoms with Crippen molar-refractivity contribution in [1.82, 2.24) is 0 Å². The second-order valence-electron chi connectivity index (χ2n) is 3.83. The third-order valence-electron chi connectivity index (χ3n) is 2.36. The van der Waals surface area contributed by atoms with Crippen LogP contribution < -0.4 is 10.6 Å². The van der Waals surface area contributed by atoms with Crippen LogP contribution >= 0.6 is 11.8 Å². The van der Waals surface area contributed by atoms with Gasteiger partial charge in [-0.25, -0.2) is 0 Å². The van der Waals surface area contributed by atoms with Crippen LogP contribution in [0.4, 0.5) is 17.1 Å². The number of non-ortho nitro benzene ring substituents is 1. The van der Waals surface area contributed by atoms with Gasteiger partial charge in [0.2, 0.25) is 0 Å². The van der Waals surface area contributed by atoms with Crippen molar-refractivity contribution < 1.29 is 4.92 Å². The van der Waals surface area contributed by atoms with Crippen molar-refractivity contribution >= 4 is 28.8 Å². The molecule has 6 heteroatoms. The van der Waals surface area contributed by atoms with E-state index in [1.54, 1.807) is 23.9 Å². The largest absolute Gasteiger partial charge is 0.385 e. The van der Waals surface area contributed by atoms with Crippen molar-refractivity contribution in [3.63, 3.8) is 0 Å². The lowest BCUT2D eigenvalue weighted by atomic mass is 10.2. The van der Waals surface area contributed by atoms with Crippen LogP contribution in [-0.4, -0.2) is 30.0 Å². The predicted molar refractivity (Wildman–Crippen MR) is 78.7 cm³/mol. The molecule has 0 saturated carbocycles. The molecule has 1 aromatic carbocycles. The van der Waals surface area contributed by atoms with Gasteiger partial charge in [0.25, 0.3) is 5.69 Å². The molecule has 1 rings (SSSR count). The molecule has 0 heterocycles. The molecule has 0 aliphatic rings. The fraction of sp³-hybridized carbons (Fsp3) is 0.500. The van der Waals surface area contributed by atoms with Gasteiger partial charge < -0.3 is 10.6 Å². The number of thioether (sulfide) groups is 1. The summed E-state index contributed by atoms with van der Waals surface area (Å²) in [5.74, 6) is 1.09. The van der Waals surface area contributed by atoms with Crippen molar-refractivity contribution in [3.8, 4) is 0 Å². The Kier molecular flexibility index (Phi) is 6.35. The Hall–Kier alpha value is -1.43. The highest BCUT2D eigenvalue weighted by Gasteiger charge is 2.09. The average Bonchev–Trinajstić information content (AvgIpc) is 2.35. The normalized spacial score (nSPS) is 10.1. The Morgan fingerprint density at radius 2 is 1.94 bits per heavy atom. The zero-order chi connectivity index (χ0) is 13.4. The first-order valence-corrected chi connectivity index (χ1v) is 7.33. The molecule has 1 aromatic rings. The second-order valence-corrected chi connectivity index (χ2v) is 4.81. The third kappa shape index (κ3) is 4.83. The third-order valence-corrected chi connectivity index (χ3v) is 3.06. The number of hydrogen-bond acceptors (Lipinski definition) is 5. The first-order chi connectivity index (χ1) is 8.67. The molecule has 0 aliphatic heterocycles. The Morgan fingerprint density at radius 3 is 2.50 bits per heavy atom. The van der Waals surface area contributed by atoms with Gasteiger partial charge in [-0.05, 0) is 31.4 Å². The van der Waals surface area contributed by atoms with Gasteiger partial charge >= 0.3 is 0 Å². The molecule has 18 heavy (non-hydrogen) atoms. The molecule has 0 unspecified atom stereocenters. The molecule has 0 bridgehead atoms. The van der Waals surface area contributed by atoms with Crippen molar-refractivity contribution in [1.29, 1.82) is 0 Å². The topological polar surface area (TPSA) is 67.2 Å². The molecule has 0 aliphatic carbocycles. The molecular weight excluding hydrogens is 250 g/mol. The van der Waals surface area contributed by atoms with Crippen molar-refractivity contribution in [2.45, 2.75) is 13.3 Å². The van der Waals surface area contributed by atoms with Crippen molar-refractivity contribution in [2.75, 3.05) is 35.7 Å². The zero-order valence-electron chi connectivity index (χ0n) is 10.7. The minimum atomic E-state index is -0.367. The average molecular weight is 269 g/mol. The number of nitrogens with one attached hydrogen (secondary N) is 2. The van der Waals surface area contributed by atoms with E-state index in [0.29, 0.717) is 0 Å². The zero-order valence-corrected chi connectivity index (χ0v) is 11.5. The summed E-state index contributed by atoms with van der Waals surface area (Å²) in [5.41, 5.74) is 1.68. The smallest absolute Gasteiger partial charge is 0.273 e. The molecule has 0 amide bonds. The first kappa shape index (κ1) is 14.6. The number of anilines is 2. The van der Waals surface area contributed by atoms with Gasteiger partial charge in [-0.2, -0.15) is 11.8 Å². The number of nitro benzene ring substituents is 1. The van der Waals surface area contributed by atoms with E-state index >= 15 is 0 Å². The predicted octanol–water partition coefficient (Wildman–Crippen LogP) is 3.19. The molecule has 2 N–H and O–H groups in total. The maximum absolute atomic E-state index is 10.8. The minimum absolute atomic E-state index is 0.112. The van der Waals surface area contributed by atoms with Crippen LogP contribution in [0.1, 0.15) is 13.3 Å². The van der Waals surface area contributed by atoms with Gasteiger partial charge in [0, 0.05) is 36.6 Å². The number of benzene rings is 1. The van der Waals surface area contributed by atoms with E-state index in [2.05, 4.69) is 16.9 Å². The highest BCUT2D eigenvalue weighted by Crippen LogP contribution is 2.24. The van der Waals surface area contributed by atoms with E-state index < -0.39 is 0 Å².